The molecule has 0 radical (unpaired) electrons. The molecule has 1 aliphatic carbocycles. The smallest absolute Gasteiger partial charge is 0.180 e. The molecule has 0 saturated heterocycles. The van der Waals surface area contributed by atoms with E-state index in [4.69, 9.17) is 17.3 Å². The van der Waals surface area contributed by atoms with Crippen LogP contribution in [0.5, 0.6) is 0 Å². The van der Waals surface area contributed by atoms with E-state index in [0.29, 0.717) is 12.8 Å². The van der Waals surface area contributed by atoms with Crippen molar-refractivity contribution in [3.8, 4) is 0 Å². The number of hydrogen-bond acceptors (Lipinski definition) is 1. The summed E-state index contributed by atoms with van der Waals surface area (Å²) in [5.74, 6) is -3.36. The van der Waals surface area contributed by atoms with Crippen molar-refractivity contribution in [2.45, 2.75) is 18.3 Å². The monoisotopic (exact) mass is 235 g/mol. The largest absolute Gasteiger partial charge is 0.330 e. The van der Waals surface area contributed by atoms with E-state index in [1.807, 2.05) is 0 Å². The maximum Gasteiger partial charge on any atom is 0.180 e. The van der Waals surface area contributed by atoms with Gasteiger partial charge in [-0.25, -0.2) is 13.2 Å². The Morgan fingerprint density at radius 2 is 1.87 bits per heavy atom. The van der Waals surface area contributed by atoms with Crippen molar-refractivity contribution >= 4 is 11.6 Å². The summed E-state index contributed by atoms with van der Waals surface area (Å²) >= 11 is 5.35. The van der Waals surface area contributed by atoms with Gasteiger partial charge in [0, 0.05) is 12.0 Å². The highest BCUT2D eigenvalue weighted by molar-refractivity contribution is 6.31. The Morgan fingerprint density at radius 1 is 1.27 bits per heavy atom. The molecule has 0 heterocycles. The first kappa shape index (κ1) is 10.8. The summed E-state index contributed by atoms with van der Waals surface area (Å²) < 4.78 is 39.5. The Bertz CT molecular complexity index is 416. The average Bonchev–Trinajstić information content (AvgIpc) is 3.01. The molecule has 0 aliphatic heterocycles. The van der Waals surface area contributed by atoms with E-state index < -0.39 is 27.9 Å². The zero-order chi connectivity index (χ0) is 11.2. The van der Waals surface area contributed by atoms with Gasteiger partial charge in [0.25, 0.3) is 0 Å². The lowest BCUT2D eigenvalue weighted by Crippen LogP contribution is -2.21. The van der Waals surface area contributed by atoms with Crippen molar-refractivity contribution in [2.24, 2.45) is 5.73 Å². The van der Waals surface area contributed by atoms with Gasteiger partial charge in [-0.05, 0) is 24.5 Å². The summed E-state index contributed by atoms with van der Waals surface area (Å²) in [5, 5.41) is -0.787. The van der Waals surface area contributed by atoms with Gasteiger partial charge in [-0.15, -0.1) is 0 Å². The third-order valence-electron chi connectivity index (χ3n) is 2.92. The first-order valence-corrected chi connectivity index (χ1v) is 4.93. The molecule has 1 nitrogen and oxygen atoms in total. The maximum absolute atomic E-state index is 13.6. The normalized spacial score (nSPS) is 17.9. The fraction of sp³-hybridized carbons (Fsp3) is 0.400. The van der Waals surface area contributed by atoms with E-state index in [1.165, 1.54) is 0 Å². The van der Waals surface area contributed by atoms with E-state index in [1.54, 1.807) is 0 Å². The summed E-state index contributed by atoms with van der Waals surface area (Å²) in [5.41, 5.74) is 5.03. The molecule has 1 aliphatic rings. The van der Waals surface area contributed by atoms with Gasteiger partial charge in [0.05, 0.1) is 0 Å². The number of halogens is 4. The second-order valence-corrected chi connectivity index (χ2v) is 4.21. The lowest BCUT2D eigenvalue weighted by Gasteiger charge is -2.15. The van der Waals surface area contributed by atoms with Gasteiger partial charge < -0.3 is 5.73 Å². The number of nitrogens with two attached hydrogens (primary N) is 1. The van der Waals surface area contributed by atoms with Gasteiger partial charge in [-0.3, -0.25) is 0 Å². The van der Waals surface area contributed by atoms with Crippen molar-refractivity contribution in [2.75, 3.05) is 6.54 Å². The third-order valence-corrected chi connectivity index (χ3v) is 3.25. The van der Waals surface area contributed by atoms with Crippen LogP contribution in [-0.4, -0.2) is 6.54 Å². The lowest BCUT2D eigenvalue weighted by atomic mass is 9.95. The topological polar surface area (TPSA) is 26.0 Å². The Hall–Kier alpha value is -0.740. The summed E-state index contributed by atoms with van der Waals surface area (Å²) in [7, 11) is 0. The van der Waals surface area contributed by atoms with Crippen molar-refractivity contribution in [3.63, 3.8) is 0 Å². The summed E-state index contributed by atoms with van der Waals surface area (Å²) in [6.07, 6.45) is 1.36. The zero-order valence-corrected chi connectivity index (χ0v) is 8.54. The van der Waals surface area contributed by atoms with E-state index in [-0.39, 0.29) is 12.1 Å². The first-order chi connectivity index (χ1) is 7.02. The van der Waals surface area contributed by atoms with Gasteiger partial charge in [0.2, 0.25) is 0 Å². The number of benzene rings is 1. The fourth-order valence-corrected chi connectivity index (χ4v) is 1.89. The van der Waals surface area contributed by atoms with Crippen LogP contribution in [0.4, 0.5) is 13.2 Å². The van der Waals surface area contributed by atoms with Gasteiger partial charge in [-0.1, -0.05) is 11.6 Å². The molecule has 0 spiro atoms. The average molecular weight is 236 g/mol. The van der Waals surface area contributed by atoms with Crippen LogP contribution in [0.2, 0.25) is 5.02 Å². The van der Waals surface area contributed by atoms with Crippen molar-refractivity contribution in [3.05, 3.63) is 34.1 Å². The highest BCUT2D eigenvalue weighted by atomic mass is 35.5. The molecule has 15 heavy (non-hydrogen) atoms. The molecule has 1 aromatic carbocycles. The maximum atomic E-state index is 13.6. The molecule has 0 amide bonds. The van der Waals surface area contributed by atoms with E-state index in [0.717, 1.165) is 6.07 Å². The van der Waals surface area contributed by atoms with Crippen LogP contribution >= 0.6 is 11.6 Å². The number of rotatable bonds is 2. The number of hydrogen-bond donors (Lipinski definition) is 1. The minimum Gasteiger partial charge on any atom is -0.330 e. The molecule has 0 bridgehead atoms. The molecular weight excluding hydrogens is 227 g/mol. The van der Waals surface area contributed by atoms with Gasteiger partial charge in [0.1, 0.15) is 10.8 Å². The zero-order valence-electron chi connectivity index (χ0n) is 7.79. The van der Waals surface area contributed by atoms with E-state index in [2.05, 4.69) is 0 Å². The van der Waals surface area contributed by atoms with Crippen LogP contribution in [0.3, 0.4) is 0 Å². The molecule has 82 valence electrons. The molecule has 0 unspecified atom stereocenters. The summed E-state index contributed by atoms with van der Waals surface area (Å²) in [4.78, 5) is 0. The van der Waals surface area contributed by atoms with Crippen LogP contribution in [-0.2, 0) is 5.41 Å². The minimum absolute atomic E-state index is 0.0916. The molecule has 0 atom stereocenters. The van der Waals surface area contributed by atoms with Crippen molar-refractivity contribution in [1.29, 1.82) is 0 Å². The molecule has 1 saturated carbocycles. The highest BCUT2D eigenvalue weighted by Crippen LogP contribution is 2.49. The van der Waals surface area contributed by atoms with Crippen LogP contribution in [0.25, 0.3) is 0 Å². The third kappa shape index (κ3) is 1.52. The molecule has 1 aromatic rings. The molecular formula is C10H9ClF3N. The van der Waals surface area contributed by atoms with Crippen LogP contribution in [0, 0.1) is 17.5 Å². The molecule has 1 fully saturated rings. The van der Waals surface area contributed by atoms with E-state index in [9.17, 15) is 13.2 Å². The molecule has 2 N–H and O–H groups in total. The minimum atomic E-state index is -1.34. The Kier molecular flexibility index (Phi) is 2.43. The van der Waals surface area contributed by atoms with E-state index >= 15 is 0 Å². The summed E-state index contributed by atoms with van der Waals surface area (Å²) in [6, 6.07) is 0.858. The Balaban J connectivity index is 2.58. The molecule has 2 rings (SSSR count). The van der Waals surface area contributed by atoms with Crippen molar-refractivity contribution < 1.29 is 13.2 Å². The SMILES string of the molecule is NCC1(c2cc(F)c(F)c(Cl)c2F)CC1. The second-order valence-electron chi connectivity index (χ2n) is 3.83. The standard InChI is InChI=1S/C10H9ClF3N/c11-7-8(13)5(3-6(12)9(7)14)10(4-15)1-2-10/h3H,1-2,4,15H2. The quantitative estimate of drug-likeness (QED) is 0.619. The van der Waals surface area contributed by atoms with Gasteiger partial charge in [-0.2, -0.15) is 0 Å². The molecule has 0 aromatic heterocycles. The first-order valence-electron chi connectivity index (χ1n) is 4.55. The van der Waals surface area contributed by atoms with Crippen LogP contribution in [0.15, 0.2) is 6.07 Å². The highest BCUT2D eigenvalue weighted by Gasteiger charge is 2.45. The van der Waals surface area contributed by atoms with Crippen LogP contribution < -0.4 is 5.73 Å². The fourth-order valence-electron chi connectivity index (χ4n) is 1.69. The van der Waals surface area contributed by atoms with Crippen LogP contribution in [0.1, 0.15) is 18.4 Å². The predicted molar refractivity (Wildman–Crippen MR) is 51.3 cm³/mol. The van der Waals surface area contributed by atoms with Gasteiger partial charge in [0.15, 0.2) is 11.6 Å². The Labute approximate surface area is 90.0 Å². The Morgan fingerprint density at radius 3 is 2.33 bits per heavy atom. The van der Waals surface area contributed by atoms with Gasteiger partial charge >= 0.3 is 0 Å². The predicted octanol–water partition coefficient (Wildman–Crippen LogP) is 2.75. The second kappa shape index (κ2) is 3.39. The summed E-state index contributed by atoms with van der Waals surface area (Å²) in [6.45, 7) is 0.214. The van der Waals surface area contributed by atoms with Crippen molar-refractivity contribution in [1.82, 2.24) is 0 Å². The lowest BCUT2D eigenvalue weighted by molar-refractivity contribution is 0.482. The molecule has 5 heteroatoms.